The molecule has 5 heteroatoms. The third kappa shape index (κ3) is 7.73. The summed E-state index contributed by atoms with van der Waals surface area (Å²) in [6.45, 7) is 8.17. The molecule has 0 heterocycles. The summed E-state index contributed by atoms with van der Waals surface area (Å²) in [6.07, 6.45) is 1.05. The van der Waals surface area contributed by atoms with E-state index in [1.807, 2.05) is 27.9 Å². The largest absolute Gasteiger partial charge is 0.316 e. The first kappa shape index (κ1) is 16.9. The van der Waals surface area contributed by atoms with Crippen LogP contribution in [0.25, 0.3) is 0 Å². The van der Waals surface area contributed by atoms with Crippen molar-refractivity contribution >= 4 is 9.84 Å². The average molecular weight is 264 g/mol. The third-order valence-electron chi connectivity index (χ3n) is 3.03. The Labute approximate surface area is 107 Å². The van der Waals surface area contributed by atoms with Crippen molar-refractivity contribution in [3.05, 3.63) is 0 Å². The summed E-state index contributed by atoms with van der Waals surface area (Å²) in [5.41, 5.74) is 0. The summed E-state index contributed by atoms with van der Waals surface area (Å²) in [5.74, 6) is 0.433. The van der Waals surface area contributed by atoms with Gasteiger partial charge in [0.15, 0.2) is 9.84 Å². The van der Waals surface area contributed by atoms with Gasteiger partial charge in [0.05, 0.1) is 11.0 Å². The minimum atomic E-state index is -2.94. The van der Waals surface area contributed by atoms with Crippen LogP contribution >= 0.6 is 0 Å². The second kappa shape index (κ2) is 8.06. The van der Waals surface area contributed by atoms with Gasteiger partial charge < -0.3 is 10.2 Å². The zero-order valence-electron chi connectivity index (χ0n) is 11.9. The zero-order valence-corrected chi connectivity index (χ0v) is 12.7. The van der Waals surface area contributed by atoms with E-state index in [0.29, 0.717) is 6.54 Å². The molecule has 0 aliphatic rings. The number of nitrogens with zero attached hydrogens (tertiary/aromatic N) is 1. The molecule has 17 heavy (non-hydrogen) atoms. The Morgan fingerprint density at radius 2 is 1.71 bits per heavy atom. The number of nitrogens with one attached hydrogen (secondary N) is 1. The van der Waals surface area contributed by atoms with Gasteiger partial charge >= 0.3 is 0 Å². The molecule has 0 spiro atoms. The monoisotopic (exact) mass is 264 g/mol. The van der Waals surface area contributed by atoms with Crippen LogP contribution in [0.2, 0.25) is 0 Å². The summed E-state index contributed by atoms with van der Waals surface area (Å²) in [7, 11) is 1.14. The van der Waals surface area contributed by atoms with E-state index in [-0.39, 0.29) is 16.9 Å². The van der Waals surface area contributed by atoms with Crippen LogP contribution in [-0.2, 0) is 9.84 Å². The summed E-state index contributed by atoms with van der Waals surface area (Å²) >= 11 is 0. The highest BCUT2D eigenvalue weighted by atomic mass is 32.2. The van der Waals surface area contributed by atoms with Gasteiger partial charge in [0.25, 0.3) is 0 Å². The highest BCUT2D eigenvalue weighted by Crippen LogP contribution is 2.11. The van der Waals surface area contributed by atoms with Gasteiger partial charge in [0.2, 0.25) is 0 Å². The smallest absolute Gasteiger partial charge is 0.154 e. The fraction of sp³-hybridized carbons (Fsp3) is 1.00. The summed E-state index contributed by atoms with van der Waals surface area (Å²) in [6, 6.07) is 0. The van der Waals surface area contributed by atoms with Crippen molar-refractivity contribution in [2.45, 2.75) is 32.4 Å². The van der Waals surface area contributed by atoms with Gasteiger partial charge in [-0.15, -0.1) is 0 Å². The Morgan fingerprint density at radius 1 is 1.12 bits per heavy atom. The van der Waals surface area contributed by atoms with Crippen molar-refractivity contribution in [3.8, 4) is 0 Å². The van der Waals surface area contributed by atoms with Crippen molar-refractivity contribution in [2.24, 2.45) is 5.92 Å². The Balaban J connectivity index is 3.74. The molecule has 1 unspecified atom stereocenters. The van der Waals surface area contributed by atoms with Crippen molar-refractivity contribution in [2.75, 3.05) is 39.5 Å². The average Bonchev–Trinajstić information content (AvgIpc) is 2.21. The number of hydrogen-bond acceptors (Lipinski definition) is 4. The molecule has 0 amide bonds. The molecular weight excluding hydrogens is 236 g/mol. The van der Waals surface area contributed by atoms with E-state index in [2.05, 4.69) is 10.2 Å². The normalized spacial score (nSPS) is 14.5. The summed E-state index contributed by atoms with van der Waals surface area (Å²) in [4.78, 5) is 2.12. The summed E-state index contributed by atoms with van der Waals surface area (Å²) in [5, 5.41) is 2.94. The first-order valence-electron chi connectivity index (χ1n) is 6.34. The van der Waals surface area contributed by atoms with Crippen LogP contribution in [0, 0.1) is 5.92 Å². The second-order valence-electron chi connectivity index (χ2n) is 5.22. The Bertz CT molecular complexity index is 287. The molecule has 0 radical (unpaired) electrons. The molecule has 0 aliphatic carbocycles. The van der Waals surface area contributed by atoms with Gasteiger partial charge in [0.1, 0.15) is 0 Å². The fourth-order valence-electron chi connectivity index (χ4n) is 1.46. The molecule has 1 N–H and O–H groups in total. The van der Waals surface area contributed by atoms with Gasteiger partial charge in [0, 0.05) is 6.54 Å². The van der Waals surface area contributed by atoms with Crippen molar-refractivity contribution in [1.82, 2.24) is 10.2 Å². The molecule has 1 atom stereocenters. The predicted molar refractivity (Wildman–Crippen MR) is 74.1 cm³/mol. The van der Waals surface area contributed by atoms with Crippen LogP contribution in [0.1, 0.15) is 27.2 Å². The van der Waals surface area contributed by atoms with Crippen LogP contribution in [-0.4, -0.2) is 58.1 Å². The summed E-state index contributed by atoms with van der Waals surface area (Å²) < 4.78 is 23.7. The Hall–Kier alpha value is -0.130. The van der Waals surface area contributed by atoms with Crippen LogP contribution in [0.15, 0.2) is 0 Å². The lowest BCUT2D eigenvalue weighted by atomic mass is 10.2. The van der Waals surface area contributed by atoms with Crippen LogP contribution in [0.3, 0.4) is 0 Å². The number of hydrogen-bond donors (Lipinski definition) is 1. The third-order valence-corrected chi connectivity index (χ3v) is 5.48. The van der Waals surface area contributed by atoms with E-state index in [1.54, 1.807) is 6.92 Å². The molecular formula is C12H28N2O2S. The molecule has 0 aromatic carbocycles. The lowest BCUT2D eigenvalue weighted by molar-refractivity contribution is 0.395. The maximum atomic E-state index is 11.9. The molecule has 0 aromatic rings. The molecule has 4 nitrogen and oxygen atoms in total. The SMILES string of the molecule is CC(C)C(C)S(=O)(=O)CCNCCCN(C)C. The predicted octanol–water partition coefficient (Wildman–Crippen LogP) is 0.987. The molecule has 0 fully saturated rings. The topological polar surface area (TPSA) is 49.4 Å². The quantitative estimate of drug-likeness (QED) is 0.631. The van der Waals surface area contributed by atoms with Gasteiger partial charge in [-0.05, 0) is 46.4 Å². The van der Waals surface area contributed by atoms with E-state index in [0.717, 1.165) is 19.5 Å². The molecule has 0 rings (SSSR count). The van der Waals surface area contributed by atoms with E-state index < -0.39 is 9.84 Å². The van der Waals surface area contributed by atoms with Crippen LogP contribution in [0.5, 0.6) is 0 Å². The highest BCUT2D eigenvalue weighted by molar-refractivity contribution is 7.92. The number of sulfone groups is 1. The highest BCUT2D eigenvalue weighted by Gasteiger charge is 2.22. The minimum absolute atomic E-state index is 0.189. The zero-order chi connectivity index (χ0) is 13.5. The van der Waals surface area contributed by atoms with Crippen molar-refractivity contribution in [3.63, 3.8) is 0 Å². The van der Waals surface area contributed by atoms with Crippen LogP contribution in [0.4, 0.5) is 0 Å². The standard InChI is InChI=1S/C12H28N2O2S/c1-11(2)12(3)17(15,16)10-8-13-7-6-9-14(4)5/h11-13H,6-10H2,1-5H3. The van der Waals surface area contributed by atoms with Crippen molar-refractivity contribution in [1.29, 1.82) is 0 Å². The Kier molecular flexibility index (Phi) is 8.00. The van der Waals surface area contributed by atoms with Crippen LogP contribution < -0.4 is 5.32 Å². The van der Waals surface area contributed by atoms with Gasteiger partial charge in [-0.25, -0.2) is 8.42 Å². The minimum Gasteiger partial charge on any atom is -0.316 e. The molecule has 0 aliphatic heterocycles. The first-order valence-corrected chi connectivity index (χ1v) is 8.06. The lowest BCUT2D eigenvalue weighted by Gasteiger charge is -2.16. The fourth-order valence-corrected chi connectivity index (χ4v) is 3.09. The van der Waals surface area contributed by atoms with Crippen molar-refractivity contribution < 1.29 is 8.42 Å². The number of rotatable bonds is 9. The molecule has 0 saturated heterocycles. The van der Waals surface area contributed by atoms with Gasteiger partial charge in [-0.3, -0.25) is 0 Å². The van der Waals surface area contributed by atoms with E-state index >= 15 is 0 Å². The molecule has 104 valence electrons. The maximum absolute atomic E-state index is 11.9. The molecule has 0 aromatic heterocycles. The van der Waals surface area contributed by atoms with E-state index in [9.17, 15) is 8.42 Å². The molecule has 0 saturated carbocycles. The van der Waals surface area contributed by atoms with Gasteiger partial charge in [-0.2, -0.15) is 0 Å². The molecule has 0 bridgehead atoms. The second-order valence-corrected chi connectivity index (χ2v) is 7.70. The van der Waals surface area contributed by atoms with Gasteiger partial charge in [-0.1, -0.05) is 13.8 Å². The maximum Gasteiger partial charge on any atom is 0.154 e. The Morgan fingerprint density at radius 3 is 2.18 bits per heavy atom. The van der Waals surface area contributed by atoms with E-state index in [4.69, 9.17) is 0 Å². The lowest BCUT2D eigenvalue weighted by Crippen LogP contribution is -2.32. The van der Waals surface area contributed by atoms with E-state index in [1.165, 1.54) is 0 Å². The first-order chi connectivity index (χ1) is 7.77.